The number of esters is 3. The molecule has 0 aliphatic carbocycles. The summed E-state index contributed by atoms with van der Waals surface area (Å²) in [6.45, 7) is 6.31. The van der Waals surface area contributed by atoms with Crippen LogP contribution in [0, 0.1) is 0 Å². The highest BCUT2D eigenvalue weighted by atomic mass is 16.6. The van der Waals surface area contributed by atoms with Crippen LogP contribution in [0.2, 0.25) is 0 Å². The number of ether oxygens (including phenoxy) is 3. The quantitative estimate of drug-likeness (QED) is 0.0261. The molecule has 6 nitrogen and oxygen atoms in total. The summed E-state index contributed by atoms with van der Waals surface area (Å²) in [6, 6.07) is 0. The Morgan fingerprint density at radius 1 is 0.275 bits per heavy atom. The van der Waals surface area contributed by atoms with Crippen LogP contribution in [0.15, 0.2) is 134 Å². The van der Waals surface area contributed by atoms with Crippen molar-refractivity contribution in [3.63, 3.8) is 0 Å². The molecule has 0 N–H and O–H groups in total. The fourth-order valence-electron chi connectivity index (χ4n) is 9.01. The maximum Gasteiger partial charge on any atom is 0.309 e. The summed E-state index contributed by atoms with van der Waals surface area (Å²) in [5.41, 5.74) is 0. The predicted octanol–water partition coefficient (Wildman–Crippen LogP) is 22.9. The first-order valence-electron chi connectivity index (χ1n) is 33.2. The second-order valence-electron chi connectivity index (χ2n) is 21.6. The van der Waals surface area contributed by atoms with E-state index in [0.717, 1.165) is 122 Å². The first-order chi connectivity index (χ1) is 39.5. The molecule has 1 atom stereocenters. The molecule has 0 heterocycles. The van der Waals surface area contributed by atoms with Crippen molar-refractivity contribution in [2.75, 3.05) is 13.2 Å². The van der Waals surface area contributed by atoms with Gasteiger partial charge in [0.15, 0.2) is 6.10 Å². The summed E-state index contributed by atoms with van der Waals surface area (Å²) in [7, 11) is 0. The van der Waals surface area contributed by atoms with Gasteiger partial charge in [0.2, 0.25) is 0 Å². The van der Waals surface area contributed by atoms with Crippen LogP contribution < -0.4 is 0 Å². The van der Waals surface area contributed by atoms with Gasteiger partial charge >= 0.3 is 17.9 Å². The van der Waals surface area contributed by atoms with Gasteiger partial charge in [0.25, 0.3) is 0 Å². The summed E-state index contributed by atoms with van der Waals surface area (Å²) in [5, 5.41) is 0. The molecular weight excluding hydrogens is 985 g/mol. The number of carbonyl (C=O) groups excluding carboxylic acids is 3. The third-order valence-electron chi connectivity index (χ3n) is 13.9. The van der Waals surface area contributed by atoms with Gasteiger partial charge in [-0.3, -0.25) is 14.4 Å². The average molecular weight is 1110 g/mol. The Balaban J connectivity index is 4.29. The van der Waals surface area contributed by atoms with Gasteiger partial charge in [0.05, 0.1) is 6.42 Å². The first-order valence-corrected chi connectivity index (χ1v) is 33.2. The van der Waals surface area contributed by atoms with Crippen molar-refractivity contribution in [2.45, 2.75) is 303 Å². The van der Waals surface area contributed by atoms with E-state index in [9.17, 15) is 14.4 Å². The van der Waals surface area contributed by atoms with Crippen molar-refractivity contribution in [2.24, 2.45) is 0 Å². The lowest BCUT2D eigenvalue weighted by Crippen LogP contribution is -2.30. The van der Waals surface area contributed by atoms with Gasteiger partial charge in [-0.05, 0) is 116 Å². The minimum absolute atomic E-state index is 0.115. The van der Waals surface area contributed by atoms with Crippen LogP contribution in [0.1, 0.15) is 297 Å². The summed E-state index contributed by atoms with van der Waals surface area (Å²) in [4.78, 5) is 38.2. The SMILES string of the molecule is CC/C=C\C/C=C\C/C=C\C/C=C\C/C=C\CC(=O)OCC(COC(=O)CCCCCCCCCCCCCCCCCCCC/C=C\C/C=C\C/C=C\C/C=C\CC)OC(=O)CCCCCCC/C=C\C/C=C\CCCCCC. The largest absolute Gasteiger partial charge is 0.462 e. The van der Waals surface area contributed by atoms with Gasteiger partial charge in [0.1, 0.15) is 13.2 Å². The van der Waals surface area contributed by atoms with Crippen LogP contribution in [0.4, 0.5) is 0 Å². The number of hydrogen-bond donors (Lipinski definition) is 0. The van der Waals surface area contributed by atoms with Crippen LogP contribution in [0.25, 0.3) is 0 Å². The van der Waals surface area contributed by atoms with E-state index < -0.39 is 12.1 Å². The van der Waals surface area contributed by atoms with Crippen LogP contribution in [-0.2, 0) is 28.6 Å². The van der Waals surface area contributed by atoms with E-state index in [1.807, 2.05) is 6.08 Å². The molecule has 1 unspecified atom stereocenters. The molecule has 0 aromatic rings. The summed E-state index contributed by atoms with van der Waals surface area (Å²) < 4.78 is 16.8. The number of allylic oxidation sites excluding steroid dienone is 21. The Bertz CT molecular complexity index is 1700. The zero-order valence-corrected chi connectivity index (χ0v) is 52.0. The van der Waals surface area contributed by atoms with Crippen molar-refractivity contribution in [3.05, 3.63) is 134 Å². The van der Waals surface area contributed by atoms with Crippen molar-refractivity contribution in [1.29, 1.82) is 0 Å². The summed E-state index contributed by atoms with van der Waals surface area (Å²) in [6.07, 6.45) is 95.0. The highest BCUT2D eigenvalue weighted by Crippen LogP contribution is 2.16. The van der Waals surface area contributed by atoms with E-state index in [1.54, 1.807) is 6.08 Å². The van der Waals surface area contributed by atoms with Crippen molar-refractivity contribution in [1.82, 2.24) is 0 Å². The maximum absolute atomic E-state index is 12.9. The Morgan fingerprint density at radius 3 is 0.875 bits per heavy atom. The molecule has 80 heavy (non-hydrogen) atoms. The van der Waals surface area contributed by atoms with Gasteiger partial charge < -0.3 is 14.2 Å². The van der Waals surface area contributed by atoms with Crippen LogP contribution in [0.5, 0.6) is 0 Å². The second kappa shape index (κ2) is 67.1. The van der Waals surface area contributed by atoms with Gasteiger partial charge in [-0.25, -0.2) is 0 Å². The van der Waals surface area contributed by atoms with E-state index in [1.165, 1.54) is 135 Å². The Kier molecular flexibility index (Phi) is 63.3. The van der Waals surface area contributed by atoms with Gasteiger partial charge in [-0.15, -0.1) is 0 Å². The minimum Gasteiger partial charge on any atom is -0.462 e. The van der Waals surface area contributed by atoms with E-state index >= 15 is 0 Å². The zero-order valence-electron chi connectivity index (χ0n) is 52.0. The first kappa shape index (κ1) is 75.5. The second-order valence-corrected chi connectivity index (χ2v) is 21.6. The summed E-state index contributed by atoms with van der Waals surface area (Å²) >= 11 is 0. The van der Waals surface area contributed by atoms with E-state index in [2.05, 4.69) is 142 Å². The highest BCUT2D eigenvalue weighted by molar-refractivity contribution is 5.72. The molecule has 0 aliphatic heterocycles. The van der Waals surface area contributed by atoms with Crippen LogP contribution in [-0.4, -0.2) is 37.2 Å². The normalized spacial score (nSPS) is 13.0. The molecule has 0 saturated carbocycles. The van der Waals surface area contributed by atoms with Gasteiger partial charge in [-0.2, -0.15) is 0 Å². The lowest BCUT2D eigenvalue weighted by atomic mass is 10.0. The molecular formula is C74H122O6. The fraction of sp³-hybridized carbons (Fsp3) is 0.662. The maximum atomic E-state index is 12.9. The third kappa shape index (κ3) is 64.4. The Morgan fingerprint density at radius 2 is 0.537 bits per heavy atom. The molecule has 0 fully saturated rings. The molecule has 0 spiro atoms. The molecule has 0 aromatic carbocycles. The number of unbranched alkanes of at least 4 members (excludes halogenated alkanes) is 27. The molecule has 0 saturated heterocycles. The topological polar surface area (TPSA) is 78.9 Å². The molecule has 6 heteroatoms. The van der Waals surface area contributed by atoms with Gasteiger partial charge in [-0.1, -0.05) is 296 Å². The van der Waals surface area contributed by atoms with E-state index in [-0.39, 0.29) is 31.6 Å². The number of hydrogen-bond acceptors (Lipinski definition) is 6. The third-order valence-corrected chi connectivity index (χ3v) is 13.9. The molecule has 0 radical (unpaired) electrons. The summed E-state index contributed by atoms with van der Waals surface area (Å²) in [5.74, 6) is -1.06. The molecule has 0 aliphatic rings. The van der Waals surface area contributed by atoms with E-state index in [0.29, 0.717) is 12.8 Å². The molecule has 0 aromatic heterocycles. The van der Waals surface area contributed by atoms with Crippen molar-refractivity contribution in [3.8, 4) is 0 Å². The number of carbonyl (C=O) groups is 3. The van der Waals surface area contributed by atoms with Crippen LogP contribution >= 0.6 is 0 Å². The number of rotatable bonds is 59. The van der Waals surface area contributed by atoms with E-state index in [4.69, 9.17) is 14.2 Å². The zero-order chi connectivity index (χ0) is 57.8. The highest BCUT2D eigenvalue weighted by Gasteiger charge is 2.19. The molecule has 0 amide bonds. The monoisotopic (exact) mass is 1110 g/mol. The average Bonchev–Trinajstić information content (AvgIpc) is 3.46. The molecule has 0 bridgehead atoms. The lowest BCUT2D eigenvalue weighted by molar-refractivity contribution is -0.166. The predicted molar refractivity (Wildman–Crippen MR) is 348 cm³/mol. The van der Waals surface area contributed by atoms with Crippen molar-refractivity contribution < 1.29 is 28.6 Å². The molecule has 454 valence electrons. The molecule has 0 rings (SSSR count). The standard InChI is InChI=1S/C74H122O6/c1-4-7-10-13-16-19-22-25-28-30-31-32-33-34-35-36-37-38-39-40-41-42-43-44-47-49-52-55-58-61-64-67-73(76)79-70-71(69-78-72(75)66-63-60-57-54-51-48-45-27-24-21-18-15-12-9-6-3)80-74(77)68-65-62-59-56-53-50-46-29-26-23-20-17-14-11-8-5-2/h7,9-10,12,16,18-21,23,25,27-29,31-32,45-46,51,54,60,63,71H,4-6,8,11,13-15,17,22,24,26,30,33-44,47-50,52-53,55-59,61-62,64-70H2,1-3H3/b10-7-,12-9-,19-16-,21-18-,23-20-,28-25-,32-31-,45-27-,46-29-,54-51-,63-60-. The smallest absolute Gasteiger partial charge is 0.309 e. The van der Waals surface area contributed by atoms with Crippen molar-refractivity contribution >= 4 is 17.9 Å². The Labute approximate surface area is 494 Å². The Hall–Kier alpha value is -4.45. The van der Waals surface area contributed by atoms with Gasteiger partial charge in [0, 0.05) is 12.8 Å². The lowest BCUT2D eigenvalue weighted by Gasteiger charge is -2.18. The fourth-order valence-corrected chi connectivity index (χ4v) is 9.01. The minimum atomic E-state index is -0.829. The van der Waals surface area contributed by atoms with Crippen LogP contribution in [0.3, 0.4) is 0 Å².